The van der Waals surface area contributed by atoms with E-state index in [1.165, 1.54) is 58.6 Å². The summed E-state index contributed by atoms with van der Waals surface area (Å²) in [7, 11) is 0. The molecular weight excluding hydrogens is 735 g/mol. The lowest BCUT2D eigenvalue weighted by atomic mass is 9.95. The van der Waals surface area contributed by atoms with Crippen molar-refractivity contribution in [2.45, 2.75) is 0 Å². The van der Waals surface area contributed by atoms with Gasteiger partial charge in [0.25, 0.3) is 0 Å². The first-order valence-corrected chi connectivity index (χ1v) is 20.9. The highest BCUT2D eigenvalue weighted by molar-refractivity contribution is 7.25. The van der Waals surface area contributed by atoms with Crippen LogP contribution in [0.2, 0.25) is 0 Å². The third-order valence-electron chi connectivity index (χ3n) is 11.9. The maximum absolute atomic E-state index is 7.07. The smallest absolute Gasteiger partial charge is 0.159 e. The van der Waals surface area contributed by atoms with Crippen molar-refractivity contribution in [1.82, 2.24) is 0 Å². The molecular formula is C56H35NOS. The molecule has 0 fully saturated rings. The van der Waals surface area contributed by atoms with Gasteiger partial charge in [0.05, 0.1) is 11.4 Å². The highest BCUT2D eigenvalue weighted by Crippen LogP contribution is 2.48. The van der Waals surface area contributed by atoms with Crippen molar-refractivity contribution in [3.63, 3.8) is 0 Å². The average Bonchev–Trinajstić information content (AvgIpc) is 3.88. The molecule has 2 nitrogen and oxygen atoms in total. The van der Waals surface area contributed by atoms with Crippen LogP contribution in [0.15, 0.2) is 217 Å². The number of hydrogen-bond donors (Lipinski definition) is 0. The number of hydrogen-bond acceptors (Lipinski definition) is 3. The van der Waals surface area contributed by atoms with E-state index in [1.807, 2.05) is 11.3 Å². The summed E-state index contributed by atoms with van der Waals surface area (Å²) in [6.45, 7) is 0. The van der Waals surface area contributed by atoms with Gasteiger partial charge in [0.1, 0.15) is 5.58 Å². The summed E-state index contributed by atoms with van der Waals surface area (Å²) < 4.78 is 9.69. The first kappa shape index (κ1) is 33.7. The topological polar surface area (TPSA) is 16.4 Å². The van der Waals surface area contributed by atoms with Gasteiger partial charge in [0, 0.05) is 47.6 Å². The van der Waals surface area contributed by atoms with Gasteiger partial charge >= 0.3 is 0 Å². The number of anilines is 3. The standard InChI is InChI=1S/C56H35NOS/c1-2-13-37(14-3-1)44-22-11-23-48-49-24-12-25-52(56(49)58-55(44)48)57(40-30-27-38(28-31-40)42-21-10-16-36-15-4-5-17-41(36)42)51-33-32-43(45-18-6-7-19-46(45)51)39-29-34-54-50(35-39)47-20-8-9-26-53(47)59-54/h1-35H. The zero-order chi connectivity index (χ0) is 38.9. The van der Waals surface area contributed by atoms with Crippen molar-refractivity contribution in [1.29, 1.82) is 0 Å². The number of nitrogens with zero attached hydrogens (tertiary/aromatic N) is 1. The zero-order valence-corrected chi connectivity index (χ0v) is 32.8. The lowest BCUT2D eigenvalue weighted by Gasteiger charge is -2.28. The van der Waals surface area contributed by atoms with E-state index in [9.17, 15) is 0 Å². The van der Waals surface area contributed by atoms with Gasteiger partial charge in [-0.05, 0) is 86.4 Å². The van der Waals surface area contributed by atoms with Crippen LogP contribution in [0.3, 0.4) is 0 Å². The fraction of sp³-hybridized carbons (Fsp3) is 0. The molecule has 0 aliphatic heterocycles. The van der Waals surface area contributed by atoms with Crippen LogP contribution in [-0.2, 0) is 0 Å². The van der Waals surface area contributed by atoms with E-state index in [-0.39, 0.29) is 0 Å². The molecule has 0 saturated heterocycles. The van der Waals surface area contributed by atoms with Gasteiger partial charge in [0.2, 0.25) is 0 Å². The minimum absolute atomic E-state index is 0.854. The third-order valence-corrected chi connectivity index (χ3v) is 13.0. The Labute approximate surface area is 345 Å². The highest BCUT2D eigenvalue weighted by Gasteiger charge is 2.23. The normalized spacial score (nSPS) is 11.7. The molecule has 2 heterocycles. The highest BCUT2D eigenvalue weighted by atomic mass is 32.1. The second-order valence-corrected chi connectivity index (χ2v) is 16.3. The van der Waals surface area contributed by atoms with E-state index in [1.54, 1.807) is 0 Å². The second kappa shape index (κ2) is 13.6. The van der Waals surface area contributed by atoms with E-state index in [0.717, 1.165) is 55.5 Å². The van der Waals surface area contributed by atoms with Crippen LogP contribution < -0.4 is 4.90 Å². The van der Waals surface area contributed by atoms with Crippen molar-refractivity contribution < 1.29 is 4.42 Å². The van der Waals surface area contributed by atoms with Crippen LogP contribution in [0.1, 0.15) is 0 Å². The predicted octanol–water partition coefficient (Wildman–Crippen LogP) is 16.7. The van der Waals surface area contributed by atoms with Gasteiger partial charge in [-0.25, -0.2) is 0 Å². The maximum atomic E-state index is 7.07. The number of thiophene rings is 1. The van der Waals surface area contributed by atoms with Crippen molar-refractivity contribution in [2.75, 3.05) is 4.90 Å². The van der Waals surface area contributed by atoms with Gasteiger partial charge in [0.15, 0.2) is 5.58 Å². The van der Waals surface area contributed by atoms with Crippen LogP contribution in [0.5, 0.6) is 0 Å². The van der Waals surface area contributed by atoms with Crippen molar-refractivity contribution in [3.8, 4) is 33.4 Å². The van der Waals surface area contributed by atoms with Gasteiger partial charge < -0.3 is 9.32 Å². The molecule has 0 radical (unpaired) electrons. The molecule has 0 amide bonds. The Bertz CT molecular complexity index is 3550. The van der Waals surface area contributed by atoms with Crippen molar-refractivity contribution in [3.05, 3.63) is 212 Å². The van der Waals surface area contributed by atoms with E-state index < -0.39 is 0 Å². The number of rotatable bonds is 6. The van der Waals surface area contributed by atoms with E-state index in [2.05, 4.69) is 217 Å². The van der Waals surface area contributed by atoms with Crippen molar-refractivity contribution >= 4 is 92.1 Å². The van der Waals surface area contributed by atoms with Crippen LogP contribution >= 0.6 is 11.3 Å². The minimum atomic E-state index is 0.854. The summed E-state index contributed by atoms with van der Waals surface area (Å²) in [4.78, 5) is 2.39. The number of para-hydroxylation sites is 2. The largest absolute Gasteiger partial charge is 0.453 e. The van der Waals surface area contributed by atoms with Crippen molar-refractivity contribution in [2.24, 2.45) is 0 Å². The molecule has 0 bridgehead atoms. The Kier molecular flexibility index (Phi) is 7.75. The van der Waals surface area contributed by atoms with E-state index >= 15 is 0 Å². The summed E-state index contributed by atoms with van der Waals surface area (Å²) >= 11 is 1.86. The number of furan rings is 1. The molecule has 59 heavy (non-hydrogen) atoms. The maximum Gasteiger partial charge on any atom is 0.159 e. The van der Waals surface area contributed by atoms with Crippen LogP contribution in [0.4, 0.5) is 17.1 Å². The molecule has 0 saturated carbocycles. The summed E-state index contributed by atoms with van der Waals surface area (Å²) in [5.41, 5.74) is 11.9. The molecule has 0 unspecified atom stereocenters. The first-order valence-electron chi connectivity index (χ1n) is 20.1. The Morgan fingerprint density at radius 2 is 0.915 bits per heavy atom. The Morgan fingerprint density at radius 1 is 0.322 bits per heavy atom. The fourth-order valence-electron chi connectivity index (χ4n) is 9.13. The van der Waals surface area contributed by atoms with Crippen LogP contribution in [0, 0.1) is 0 Å². The molecule has 10 aromatic carbocycles. The lowest BCUT2D eigenvalue weighted by Crippen LogP contribution is -2.11. The second-order valence-electron chi connectivity index (χ2n) is 15.2. The summed E-state index contributed by atoms with van der Waals surface area (Å²) in [5.74, 6) is 0. The minimum Gasteiger partial charge on any atom is -0.453 e. The molecule has 12 rings (SSSR count). The Morgan fingerprint density at radius 3 is 1.78 bits per heavy atom. The summed E-state index contributed by atoms with van der Waals surface area (Å²) in [6, 6.07) is 76.8. The molecule has 0 aliphatic carbocycles. The van der Waals surface area contributed by atoms with Gasteiger partial charge in [-0.1, -0.05) is 170 Å². The molecule has 12 aromatic rings. The molecule has 0 atom stereocenters. The average molecular weight is 770 g/mol. The molecule has 276 valence electrons. The third kappa shape index (κ3) is 5.47. The van der Waals surface area contributed by atoms with Crippen LogP contribution in [0.25, 0.3) is 97.0 Å². The van der Waals surface area contributed by atoms with Gasteiger partial charge in [-0.15, -0.1) is 11.3 Å². The van der Waals surface area contributed by atoms with E-state index in [4.69, 9.17) is 4.42 Å². The Hall–Kier alpha value is -7.46. The molecule has 0 N–H and O–H groups in total. The number of benzene rings is 10. The van der Waals surface area contributed by atoms with E-state index in [0.29, 0.717) is 0 Å². The monoisotopic (exact) mass is 769 g/mol. The molecule has 3 heteroatoms. The summed E-state index contributed by atoms with van der Waals surface area (Å²) in [5, 5.41) is 9.64. The zero-order valence-electron chi connectivity index (χ0n) is 32.0. The van der Waals surface area contributed by atoms with Gasteiger partial charge in [-0.3, -0.25) is 0 Å². The quantitative estimate of drug-likeness (QED) is 0.167. The fourth-order valence-corrected chi connectivity index (χ4v) is 10.2. The van der Waals surface area contributed by atoms with Gasteiger partial charge in [-0.2, -0.15) is 0 Å². The first-order chi connectivity index (χ1) is 29.3. The Balaban J connectivity index is 1.08. The number of fused-ring (bicyclic) bond motifs is 8. The molecule has 0 aliphatic rings. The summed E-state index contributed by atoms with van der Waals surface area (Å²) in [6.07, 6.45) is 0. The van der Waals surface area contributed by atoms with Crippen LogP contribution in [-0.4, -0.2) is 0 Å². The SMILES string of the molecule is c1ccc(-c2cccc3c2oc2c(N(c4ccc(-c5cccc6ccccc56)cc4)c4ccc(-c5ccc6sc7ccccc7c6c5)c5ccccc45)cccc23)cc1. The lowest BCUT2D eigenvalue weighted by molar-refractivity contribution is 0.670. The predicted molar refractivity (Wildman–Crippen MR) is 253 cm³/mol. The molecule has 0 spiro atoms. The molecule has 2 aromatic heterocycles.